The molecule has 0 amide bonds. The van der Waals surface area contributed by atoms with E-state index in [1.165, 1.54) is 17.8 Å². The van der Waals surface area contributed by atoms with Crippen LogP contribution in [0.2, 0.25) is 0 Å². The highest BCUT2D eigenvalue weighted by molar-refractivity contribution is 7.99. The van der Waals surface area contributed by atoms with Crippen molar-refractivity contribution in [2.24, 2.45) is 0 Å². The topological polar surface area (TPSA) is 84.1 Å². The second-order valence-electron chi connectivity index (χ2n) is 5.33. The number of ether oxygens (including phenoxy) is 1. The van der Waals surface area contributed by atoms with Crippen molar-refractivity contribution in [3.63, 3.8) is 0 Å². The number of hydrogen-bond acceptors (Lipinski definition) is 6. The van der Waals surface area contributed by atoms with Gasteiger partial charge in [0.05, 0.1) is 6.61 Å². The summed E-state index contributed by atoms with van der Waals surface area (Å²) < 4.78 is 5.14. The van der Waals surface area contributed by atoms with Gasteiger partial charge in [-0.2, -0.15) is 0 Å². The Morgan fingerprint density at radius 2 is 2.24 bits per heavy atom. The number of H-pyrrole nitrogens is 1. The molecule has 0 spiro atoms. The fourth-order valence-corrected chi connectivity index (χ4v) is 2.93. The molecule has 0 radical (unpaired) electrons. The van der Waals surface area contributed by atoms with Crippen molar-refractivity contribution < 1.29 is 9.53 Å². The van der Waals surface area contributed by atoms with Crippen LogP contribution in [-0.4, -0.2) is 39.9 Å². The van der Waals surface area contributed by atoms with Gasteiger partial charge in [0.15, 0.2) is 5.16 Å². The van der Waals surface area contributed by atoms with Gasteiger partial charge in [-0.15, -0.1) is 0 Å². The first-order valence-electron chi connectivity index (χ1n) is 6.92. The Hall–Kier alpha value is -1.34. The second-order valence-corrected chi connectivity index (χ2v) is 6.30. The van der Waals surface area contributed by atoms with Gasteiger partial charge in [-0.3, -0.25) is 14.9 Å². The third-order valence-corrected chi connectivity index (χ3v) is 3.87. The lowest BCUT2D eigenvalue weighted by molar-refractivity contribution is -0.149. The Morgan fingerprint density at radius 1 is 1.57 bits per heavy atom. The van der Waals surface area contributed by atoms with Crippen molar-refractivity contribution >= 4 is 17.7 Å². The lowest BCUT2D eigenvalue weighted by atomic mass is 10.0. The van der Waals surface area contributed by atoms with E-state index >= 15 is 0 Å². The SMILES string of the molecule is CCOC(=O)C(C)(CSc1nc(C)cc(=O)[nH]1)NC(C)C. The molecule has 1 rings (SSSR count). The molecule has 1 heterocycles. The van der Waals surface area contributed by atoms with Gasteiger partial charge < -0.3 is 9.72 Å². The number of esters is 1. The molecule has 0 aliphatic rings. The van der Waals surface area contributed by atoms with E-state index < -0.39 is 5.54 Å². The van der Waals surface area contributed by atoms with Crippen molar-refractivity contribution in [2.75, 3.05) is 12.4 Å². The Morgan fingerprint density at radius 3 is 2.76 bits per heavy atom. The fourth-order valence-electron chi connectivity index (χ4n) is 1.92. The Bertz CT molecular complexity index is 545. The van der Waals surface area contributed by atoms with E-state index in [1.807, 2.05) is 13.8 Å². The molecule has 1 aromatic rings. The predicted molar refractivity (Wildman–Crippen MR) is 83.6 cm³/mol. The molecule has 118 valence electrons. The van der Waals surface area contributed by atoms with Crippen molar-refractivity contribution in [1.29, 1.82) is 0 Å². The van der Waals surface area contributed by atoms with Crippen LogP contribution in [0.15, 0.2) is 16.0 Å². The third kappa shape index (κ3) is 5.51. The van der Waals surface area contributed by atoms with Crippen molar-refractivity contribution in [3.8, 4) is 0 Å². The fraction of sp³-hybridized carbons (Fsp3) is 0.643. The Labute approximate surface area is 129 Å². The number of aromatic amines is 1. The summed E-state index contributed by atoms with van der Waals surface area (Å²) in [6.45, 7) is 9.60. The summed E-state index contributed by atoms with van der Waals surface area (Å²) in [7, 11) is 0. The lowest BCUT2D eigenvalue weighted by Crippen LogP contribution is -2.55. The van der Waals surface area contributed by atoms with Gasteiger partial charge in [-0.1, -0.05) is 11.8 Å². The van der Waals surface area contributed by atoms with Gasteiger partial charge in [-0.25, -0.2) is 4.98 Å². The van der Waals surface area contributed by atoms with Gasteiger partial charge in [-0.05, 0) is 34.6 Å². The molecule has 21 heavy (non-hydrogen) atoms. The van der Waals surface area contributed by atoms with E-state index in [4.69, 9.17) is 4.74 Å². The molecule has 6 nitrogen and oxygen atoms in total. The smallest absolute Gasteiger partial charge is 0.326 e. The molecule has 1 unspecified atom stereocenters. The maximum absolute atomic E-state index is 12.2. The van der Waals surface area contributed by atoms with Crippen LogP contribution in [0.4, 0.5) is 0 Å². The maximum Gasteiger partial charge on any atom is 0.326 e. The van der Waals surface area contributed by atoms with Gasteiger partial charge in [0, 0.05) is 23.6 Å². The largest absolute Gasteiger partial charge is 0.465 e. The Kier molecular flexibility index (Phi) is 6.42. The van der Waals surface area contributed by atoms with E-state index in [0.29, 0.717) is 23.2 Å². The van der Waals surface area contributed by atoms with Gasteiger partial charge in [0.2, 0.25) is 0 Å². The molecule has 7 heteroatoms. The highest BCUT2D eigenvalue weighted by Gasteiger charge is 2.35. The van der Waals surface area contributed by atoms with E-state index in [0.717, 1.165) is 0 Å². The average Bonchev–Trinajstić information content (AvgIpc) is 2.35. The number of thioether (sulfide) groups is 1. The number of aryl methyl sites for hydroxylation is 1. The van der Waals surface area contributed by atoms with Crippen LogP contribution in [-0.2, 0) is 9.53 Å². The molecule has 1 aromatic heterocycles. The summed E-state index contributed by atoms with van der Waals surface area (Å²) in [5.74, 6) is 0.109. The molecule has 0 bridgehead atoms. The summed E-state index contributed by atoms with van der Waals surface area (Å²) in [6, 6.07) is 1.56. The molecular weight excluding hydrogens is 290 g/mol. The summed E-state index contributed by atoms with van der Waals surface area (Å²) in [5.41, 5.74) is -0.382. The number of nitrogens with zero attached hydrogens (tertiary/aromatic N) is 1. The molecule has 0 fully saturated rings. The zero-order valence-corrected chi connectivity index (χ0v) is 14.0. The molecule has 1 atom stereocenters. The predicted octanol–water partition coefficient (Wildman–Crippen LogP) is 1.49. The number of aromatic nitrogens is 2. The van der Waals surface area contributed by atoms with Crippen LogP contribution in [0.25, 0.3) is 0 Å². The standard InChI is InChI=1S/C14H23N3O3S/c1-6-20-12(19)14(5,17-9(2)3)8-21-13-15-10(4)7-11(18)16-13/h7,9,17H,6,8H2,1-5H3,(H,15,16,18). The lowest BCUT2D eigenvalue weighted by Gasteiger charge is -2.30. The molecule has 0 aliphatic carbocycles. The minimum atomic E-state index is -0.836. The zero-order chi connectivity index (χ0) is 16.0. The van der Waals surface area contributed by atoms with Crippen LogP contribution < -0.4 is 10.9 Å². The van der Waals surface area contributed by atoms with Gasteiger partial charge in [0.25, 0.3) is 5.56 Å². The molecule has 0 aliphatic heterocycles. The van der Waals surface area contributed by atoms with E-state index in [-0.39, 0.29) is 17.6 Å². The highest BCUT2D eigenvalue weighted by Crippen LogP contribution is 2.21. The van der Waals surface area contributed by atoms with Crippen LogP contribution >= 0.6 is 11.8 Å². The van der Waals surface area contributed by atoms with Crippen molar-refractivity contribution in [2.45, 2.75) is 51.4 Å². The quantitative estimate of drug-likeness (QED) is 0.451. The van der Waals surface area contributed by atoms with Gasteiger partial charge in [0.1, 0.15) is 5.54 Å². The van der Waals surface area contributed by atoms with Gasteiger partial charge >= 0.3 is 5.97 Å². The molecule has 2 N–H and O–H groups in total. The van der Waals surface area contributed by atoms with E-state index in [1.54, 1.807) is 20.8 Å². The van der Waals surface area contributed by atoms with Crippen LogP contribution in [0.3, 0.4) is 0 Å². The molecule has 0 saturated carbocycles. The van der Waals surface area contributed by atoms with Crippen LogP contribution in [0.1, 0.15) is 33.4 Å². The normalized spacial score (nSPS) is 14.0. The second kappa shape index (κ2) is 7.61. The average molecular weight is 313 g/mol. The molecular formula is C14H23N3O3S. The maximum atomic E-state index is 12.2. The Balaban J connectivity index is 2.86. The zero-order valence-electron chi connectivity index (χ0n) is 13.1. The van der Waals surface area contributed by atoms with E-state index in [9.17, 15) is 9.59 Å². The number of carbonyl (C=O) groups excluding carboxylic acids is 1. The highest BCUT2D eigenvalue weighted by atomic mass is 32.2. The molecule has 0 aromatic carbocycles. The van der Waals surface area contributed by atoms with Crippen molar-refractivity contribution in [1.82, 2.24) is 15.3 Å². The number of nitrogens with one attached hydrogen (secondary N) is 2. The minimum Gasteiger partial charge on any atom is -0.465 e. The third-order valence-electron chi connectivity index (χ3n) is 2.68. The van der Waals surface area contributed by atoms with Crippen LogP contribution in [0, 0.1) is 6.92 Å². The van der Waals surface area contributed by atoms with Crippen molar-refractivity contribution in [3.05, 3.63) is 22.1 Å². The number of hydrogen-bond donors (Lipinski definition) is 2. The summed E-state index contributed by atoms with van der Waals surface area (Å²) in [5, 5.41) is 3.73. The molecule has 0 saturated heterocycles. The number of rotatable bonds is 7. The monoisotopic (exact) mass is 313 g/mol. The van der Waals surface area contributed by atoms with E-state index in [2.05, 4.69) is 15.3 Å². The summed E-state index contributed by atoms with van der Waals surface area (Å²) >= 11 is 1.32. The first-order valence-corrected chi connectivity index (χ1v) is 7.91. The first kappa shape index (κ1) is 17.7. The number of carbonyl (C=O) groups is 1. The first-order chi connectivity index (χ1) is 9.76. The minimum absolute atomic E-state index is 0.129. The summed E-state index contributed by atoms with van der Waals surface area (Å²) in [6.07, 6.45) is 0. The summed E-state index contributed by atoms with van der Waals surface area (Å²) in [4.78, 5) is 30.5. The van der Waals surface area contributed by atoms with Crippen LogP contribution in [0.5, 0.6) is 0 Å².